The second kappa shape index (κ2) is 4.32. The summed E-state index contributed by atoms with van der Waals surface area (Å²) in [5.74, 6) is 0.857. The quantitative estimate of drug-likeness (QED) is 0.761. The first-order valence-electron chi connectivity index (χ1n) is 6.12. The first-order valence-corrected chi connectivity index (χ1v) is 6.52. The van der Waals surface area contributed by atoms with Crippen molar-refractivity contribution in [3.63, 3.8) is 0 Å². The maximum Gasteiger partial charge on any atom is 0.235 e. The zero-order valence-electron chi connectivity index (χ0n) is 9.87. The molecular formula is C12H20N2OS. The van der Waals surface area contributed by atoms with E-state index in [9.17, 15) is 4.79 Å². The van der Waals surface area contributed by atoms with Gasteiger partial charge in [-0.25, -0.2) is 0 Å². The molecule has 4 heteroatoms. The van der Waals surface area contributed by atoms with Crippen LogP contribution >= 0.6 is 12.2 Å². The molecule has 0 aliphatic heterocycles. The molecule has 1 amide bonds. The van der Waals surface area contributed by atoms with Gasteiger partial charge in [0.15, 0.2) is 0 Å². The molecule has 0 atom stereocenters. The van der Waals surface area contributed by atoms with Gasteiger partial charge in [-0.2, -0.15) is 0 Å². The number of carbonyl (C=O) groups is 1. The van der Waals surface area contributed by atoms with E-state index in [4.69, 9.17) is 18.0 Å². The van der Waals surface area contributed by atoms with E-state index in [0.29, 0.717) is 10.9 Å². The van der Waals surface area contributed by atoms with Crippen molar-refractivity contribution in [1.29, 1.82) is 0 Å². The van der Waals surface area contributed by atoms with E-state index in [2.05, 4.69) is 0 Å². The van der Waals surface area contributed by atoms with Gasteiger partial charge in [0.25, 0.3) is 0 Å². The van der Waals surface area contributed by atoms with Crippen LogP contribution in [0.15, 0.2) is 0 Å². The van der Waals surface area contributed by atoms with Gasteiger partial charge in [-0.3, -0.25) is 4.79 Å². The first-order chi connectivity index (χ1) is 7.56. The van der Waals surface area contributed by atoms with Crippen LogP contribution < -0.4 is 5.73 Å². The molecule has 3 nitrogen and oxygen atoms in total. The fraction of sp³-hybridized carbons (Fsp3) is 0.833. The van der Waals surface area contributed by atoms with Crippen LogP contribution in [0.5, 0.6) is 0 Å². The minimum absolute atomic E-state index is 0.151. The van der Waals surface area contributed by atoms with Gasteiger partial charge in [-0.15, -0.1) is 0 Å². The van der Waals surface area contributed by atoms with Gasteiger partial charge in [0, 0.05) is 13.6 Å². The van der Waals surface area contributed by atoms with Crippen LogP contribution in [0.2, 0.25) is 0 Å². The van der Waals surface area contributed by atoms with Gasteiger partial charge >= 0.3 is 0 Å². The highest BCUT2D eigenvalue weighted by molar-refractivity contribution is 7.80. The molecule has 90 valence electrons. The van der Waals surface area contributed by atoms with Crippen molar-refractivity contribution in [2.75, 3.05) is 13.6 Å². The van der Waals surface area contributed by atoms with Crippen molar-refractivity contribution in [2.24, 2.45) is 17.1 Å². The average molecular weight is 240 g/mol. The lowest BCUT2D eigenvalue weighted by Crippen LogP contribution is -2.54. The minimum atomic E-state index is -0.492. The zero-order chi connectivity index (χ0) is 11.8. The Morgan fingerprint density at radius 3 is 2.38 bits per heavy atom. The third kappa shape index (κ3) is 1.83. The summed E-state index contributed by atoms with van der Waals surface area (Å²) in [6.45, 7) is 0.878. The third-order valence-electron chi connectivity index (χ3n) is 4.19. The molecule has 0 radical (unpaired) electrons. The molecule has 0 saturated heterocycles. The van der Waals surface area contributed by atoms with Crippen LogP contribution in [0.3, 0.4) is 0 Å². The first kappa shape index (κ1) is 11.8. The number of rotatable bonds is 4. The molecule has 16 heavy (non-hydrogen) atoms. The lowest BCUT2D eigenvalue weighted by molar-refractivity contribution is -0.141. The summed E-state index contributed by atoms with van der Waals surface area (Å²) in [4.78, 5) is 14.6. The highest BCUT2D eigenvalue weighted by atomic mass is 32.1. The van der Waals surface area contributed by atoms with E-state index in [1.165, 1.54) is 19.3 Å². The van der Waals surface area contributed by atoms with Crippen LogP contribution in [0.1, 0.15) is 38.5 Å². The highest BCUT2D eigenvalue weighted by Gasteiger charge is 2.48. The lowest BCUT2D eigenvalue weighted by atomic mass is 9.67. The van der Waals surface area contributed by atoms with Gasteiger partial charge in [0.05, 0.1) is 10.4 Å². The van der Waals surface area contributed by atoms with E-state index in [0.717, 1.165) is 25.8 Å². The fourth-order valence-electron chi connectivity index (χ4n) is 2.61. The molecule has 0 unspecified atom stereocenters. The summed E-state index contributed by atoms with van der Waals surface area (Å²) >= 11 is 5.06. The van der Waals surface area contributed by atoms with E-state index in [1.807, 2.05) is 11.9 Å². The molecule has 0 aromatic rings. The molecule has 0 aromatic carbocycles. The summed E-state index contributed by atoms with van der Waals surface area (Å²) in [5, 5.41) is 0. The van der Waals surface area contributed by atoms with Crippen LogP contribution in [0, 0.1) is 11.3 Å². The summed E-state index contributed by atoms with van der Waals surface area (Å²) in [6, 6.07) is 0. The van der Waals surface area contributed by atoms with Crippen molar-refractivity contribution in [3.05, 3.63) is 0 Å². The van der Waals surface area contributed by atoms with E-state index < -0.39 is 5.41 Å². The molecule has 2 aliphatic carbocycles. The van der Waals surface area contributed by atoms with Crippen LogP contribution in [0.4, 0.5) is 0 Å². The van der Waals surface area contributed by atoms with Crippen LogP contribution in [-0.4, -0.2) is 29.4 Å². The summed E-state index contributed by atoms with van der Waals surface area (Å²) in [5.41, 5.74) is 5.24. The monoisotopic (exact) mass is 240 g/mol. The van der Waals surface area contributed by atoms with Gasteiger partial charge in [-0.1, -0.05) is 25.1 Å². The molecule has 2 fully saturated rings. The molecule has 2 rings (SSSR count). The number of hydrogen-bond donors (Lipinski definition) is 1. The van der Waals surface area contributed by atoms with Crippen molar-refractivity contribution in [2.45, 2.75) is 38.5 Å². The Bertz CT molecular complexity index is 308. The van der Waals surface area contributed by atoms with E-state index in [1.54, 1.807) is 0 Å². The van der Waals surface area contributed by atoms with Gasteiger partial charge in [0.1, 0.15) is 0 Å². The van der Waals surface area contributed by atoms with Crippen LogP contribution in [-0.2, 0) is 4.79 Å². The zero-order valence-corrected chi connectivity index (χ0v) is 10.7. The second-order valence-electron chi connectivity index (χ2n) is 5.28. The molecule has 0 aromatic heterocycles. The SMILES string of the molecule is CN(CC1CCC1)C(=O)C1(C(N)=S)CCC1. The number of thiocarbonyl (C=S) groups is 1. The topological polar surface area (TPSA) is 46.3 Å². The molecular weight excluding hydrogens is 220 g/mol. The van der Waals surface area contributed by atoms with Crippen molar-refractivity contribution in [1.82, 2.24) is 4.90 Å². The Morgan fingerprint density at radius 2 is 2.06 bits per heavy atom. The molecule has 2 aliphatic rings. The van der Waals surface area contributed by atoms with Crippen molar-refractivity contribution in [3.8, 4) is 0 Å². The number of carbonyl (C=O) groups excluding carboxylic acids is 1. The van der Waals surface area contributed by atoms with E-state index in [-0.39, 0.29) is 5.91 Å². The third-order valence-corrected chi connectivity index (χ3v) is 4.58. The maximum absolute atomic E-state index is 12.3. The number of hydrogen-bond acceptors (Lipinski definition) is 2. The predicted octanol–water partition coefficient (Wildman–Crippen LogP) is 1.70. The smallest absolute Gasteiger partial charge is 0.235 e. The standard InChI is InChI=1S/C12H20N2OS/c1-14(8-9-4-2-5-9)11(15)12(10(13)16)6-3-7-12/h9H,2-8H2,1H3,(H2,13,16). The molecule has 2 saturated carbocycles. The predicted molar refractivity (Wildman–Crippen MR) is 68.0 cm³/mol. The number of nitrogens with zero attached hydrogens (tertiary/aromatic N) is 1. The largest absolute Gasteiger partial charge is 0.392 e. The molecule has 0 spiro atoms. The molecule has 2 N–H and O–H groups in total. The number of amides is 1. The van der Waals surface area contributed by atoms with Crippen LogP contribution in [0.25, 0.3) is 0 Å². The van der Waals surface area contributed by atoms with Gasteiger partial charge in [0.2, 0.25) is 5.91 Å². The molecule has 0 heterocycles. The van der Waals surface area contributed by atoms with Gasteiger partial charge in [-0.05, 0) is 31.6 Å². The van der Waals surface area contributed by atoms with E-state index >= 15 is 0 Å². The van der Waals surface area contributed by atoms with Crippen molar-refractivity contribution >= 4 is 23.1 Å². The highest BCUT2D eigenvalue weighted by Crippen LogP contribution is 2.43. The Labute approximate surface area is 102 Å². The molecule has 0 bridgehead atoms. The summed E-state index contributed by atoms with van der Waals surface area (Å²) in [7, 11) is 1.89. The minimum Gasteiger partial charge on any atom is -0.392 e. The number of nitrogens with two attached hydrogens (primary N) is 1. The average Bonchev–Trinajstić information content (AvgIpc) is 2.08. The summed E-state index contributed by atoms with van der Waals surface area (Å²) < 4.78 is 0. The fourth-order valence-corrected chi connectivity index (χ4v) is 2.90. The van der Waals surface area contributed by atoms with Crippen molar-refractivity contribution < 1.29 is 4.79 Å². The maximum atomic E-state index is 12.3. The normalized spacial score (nSPS) is 23.1. The lowest BCUT2D eigenvalue weighted by Gasteiger charge is -2.43. The van der Waals surface area contributed by atoms with Gasteiger partial charge < -0.3 is 10.6 Å². The second-order valence-corrected chi connectivity index (χ2v) is 5.72. The Morgan fingerprint density at radius 1 is 1.44 bits per heavy atom. The Kier molecular flexibility index (Phi) is 3.19. The Hall–Kier alpha value is -0.640. The summed E-state index contributed by atoms with van der Waals surface area (Å²) in [6.07, 6.45) is 6.59. The Balaban J connectivity index is 1.96.